The first-order valence-electron chi connectivity index (χ1n) is 8.63. The molecule has 0 amide bonds. The van der Waals surface area contributed by atoms with Crippen LogP contribution in [0.25, 0.3) is 0 Å². The van der Waals surface area contributed by atoms with Crippen LogP contribution < -0.4 is 0 Å². The molecule has 1 aromatic rings. The van der Waals surface area contributed by atoms with E-state index in [1.165, 1.54) is 11.1 Å². The third-order valence-electron chi connectivity index (χ3n) is 4.72. The van der Waals surface area contributed by atoms with Gasteiger partial charge in [0, 0.05) is 0 Å². The zero-order valence-corrected chi connectivity index (χ0v) is 16.3. The highest BCUT2D eigenvalue weighted by Crippen LogP contribution is 2.41. The van der Waals surface area contributed by atoms with Gasteiger partial charge in [0.05, 0.1) is 16.8 Å². The summed E-state index contributed by atoms with van der Waals surface area (Å²) in [6.45, 7) is 8.25. The average Bonchev–Trinajstić information content (AvgIpc) is 2.52. The van der Waals surface area contributed by atoms with Gasteiger partial charge in [-0.15, -0.1) is 0 Å². The minimum atomic E-state index is -3.29. The van der Waals surface area contributed by atoms with Gasteiger partial charge >= 0.3 is 0 Å². The van der Waals surface area contributed by atoms with Crippen LogP contribution in [0.1, 0.15) is 40.5 Å². The van der Waals surface area contributed by atoms with Crippen LogP contribution in [0.3, 0.4) is 0 Å². The van der Waals surface area contributed by atoms with E-state index in [2.05, 4.69) is 26.8 Å². The molecule has 0 saturated heterocycles. The molecule has 0 aromatic heterocycles. The van der Waals surface area contributed by atoms with Crippen molar-refractivity contribution in [2.24, 2.45) is 5.41 Å². The molecule has 0 unspecified atom stereocenters. The molecular formula is C21H28O3S. The zero-order valence-electron chi connectivity index (χ0n) is 15.5. The summed E-state index contributed by atoms with van der Waals surface area (Å²) in [4.78, 5) is 0.351. The highest BCUT2D eigenvalue weighted by molar-refractivity contribution is 7.91. The molecule has 3 nitrogen and oxygen atoms in total. The Morgan fingerprint density at radius 3 is 2.52 bits per heavy atom. The molecule has 0 aliphatic heterocycles. The Balaban J connectivity index is 2.14. The fourth-order valence-corrected chi connectivity index (χ4v) is 4.67. The molecular weight excluding hydrogens is 332 g/mol. The Hall–Kier alpha value is -1.65. The van der Waals surface area contributed by atoms with E-state index in [0.717, 1.165) is 12.0 Å². The van der Waals surface area contributed by atoms with Gasteiger partial charge in [0.2, 0.25) is 0 Å². The van der Waals surface area contributed by atoms with Gasteiger partial charge in [-0.1, -0.05) is 61.4 Å². The summed E-state index contributed by atoms with van der Waals surface area (Å²) in [5.74, 6) is -0.00662. The first-order valence-corrected chi connectivity index (χ1v) is 10.3. The molecule has 1 aliphatic carbocycles. The van der Waals surface area contributed by atoms with Gasteiger partial charge in [-0.05, 0) is 49.8 Å². The highest BCUT2D eigenvalue weighted by Gasteiger charge is 2.31. The maximum atomic E-state index is 12.3. The lowest BCUT2D eigenvalue weighted by molar-refractivity contribution is 0.116. The standard InChI is InChI=1S/C21H28O3S/c1-16(12-13-25(23,24)19-8-6-5-7-9-19)10-11-20-17(2)14-18(22)15-21(20,3)4/h5-12,18,22H,13-15H2,1-4H3/t18-/m1/s1. The SMILES string of the molecule is CC(C=CC1=C(C)C[C@@H](O)CC1(C)C)=CCS(=O)(=O)c1ccccc1. The molecule has 0 bridgehead atoms. The van der Waals surface area contributed by atoms with E-state index in [1.54, 1.807) is 30.3 Å². The summed E-state index contributed by atoms with van der Waals surface area (Å²) in [5, 5.41) is 9.96. The number of hydrogen-bond acceptors (Lipinski definition) is 3. The molecule has 1 aliphatic rings. The fraction of sp³-hybridized carbons (Fsp3) is 0.429. The summed E-state index contributed by atoms with van der Waals surface area (Å²) >= 11 is 0. The predicted octanol–water partition coefficient (Wildman–Crippen LogP) is 4.46. The zero-order chi connectivity index (χ0) is 18.7. The van der Waals surface area contributed by atoms with Crippen molar-refractivity contribution in [1.29, 1.82) is 0 Å². The van der Waals surface area contributed by atoms with Crippen LogP contribution in [0.5, 0.6) is 0 Å². The van der Waals surface area contributed by atoms with Gasteiger partial charge in [-0.25, -0.2) is 8.42 Å². The van der Waals surface area contributed by atoms with E-state index in [9.17, 15) is 13.5 Å². The second-order valence-corrected chi connectivity index (χ2v) is 9.55. The van der Waals surface area contributed by atoms with Crippen LogP contribution in [0.15, 0.2) is 70.2 Å². The molecule has 0 spiro atoms. The van der Waals surface area contributed by atoms with Gasteiger partial charge in [0.1, 0.15) is 0 Å². The van der Waals surface area contributed by atoms with Crippen molar-refractivity contribution in [2.75, 3.05) is 5.75 Å². The van der Waals surface area contributed by atoms with E-state index in [0.29, 0.717) is 11.3 Å². The normalized spacial score (nSPS) is 21.8. The van der Waals surface area contributed by atoms with E-state index in [-0.39, 0.29) is 17.3 Å². The Morgan fingerprint density at radius 1 is 1.28 bits per heavy atom. The summed E-state index contributed by atoms with van der Waals surface area (Å²) in [6, 6.07) is 8.52. The lowest BCUT2D eigenvalue weighted by atomic mass is 9.71. The third-order valence-corrected chi connectivity index (χ3v) is 6.31. The summed E-state index contributed by atoms with van der Waals surface area (Å²) in [5.41, 5.74) is 3.28. The smallest absolute Gasteiger partial charge is 0.181 e. The van der Waals surface area contributed by atoms with Crippen LogP contribution in [-0.2, 0) is 9.84 Å². The van der Waals surface area contributed by atoms with Gasteiger partial charge in [-0.3, -0.25) is 0 Å². The van der Waals surface area contributed by atoms with Crippen LogP contribution in [0.4, 0.5) is 0 Å². The lowest BCUT2D eigenvalue weighted by Gasteiger charge is -2.35. The second kappa shape index (κ2) is 7.71. The minimum absolute atomic E-state index is 0.00662. The summed E-state index contributed by atoms with van der Waals surface area (Å²) < 4.78 is 24.7. The largest absolute Gasteiger partial charge is 0.393 e. The number of allylic oxidation sites excluding steroid dienone is 4. The van der Waals surface area contributed by atoms with Gasteiger partial charge in [0.15, 0.2) is 9.84 Å². The summed E-state index contributed by atoms with van der Waals surface area (Å²) in [6.07, 6.45) is 6.96. The number of rotatable bonds is 5. The number of benzene rings is 1. The highest BCUT2D eigenvalue weighted by atomic mass is 32.2. The Kier molecular flexibility index (Phi) is 6.07. The van der Waals surface area contributed by atoms with Gasteiger partial charge < -0.3 is 5.11 Å². The Labute approximate surface area is 151 Å². The number of aliphatic hydroxyl groups is 1. The van der Waals surface area contributed by atoms with Gasteiger partial charge in [0.25, 0.3) is 0 Å². The molecule has 0 heterocycles. The van der Waals surface area contributed by atoms with Crippen molar-refractivity contribution in [1.82, 2.24) is 0 Å². The molecule has 0 radical (unpaired) electrons. The molecule has 2 rings (SSSR count). The number of aliphatic hydroxyl groups excluding tert-OH is 1. The van der Waals surface area contributed by atoms with E-state index in [1.807, 2.05) is 19.1 Å². The number of hydrogen-bond donors (Lipinski definition) is 1. The first-order chi connectivity index (χ1) is 11.6. The monoisotopic (exact) mass is 360 g/mol. The van der Waals surface area contributed by atoms with E-state index >= 15 is 0 Å². The predicted molar refractivity (Wildman–Crippen MR) is 103 cm³/mol. The summed E-state index contributed by atoms with van der Waals surface area (Å²) in [7, 11) is -3.29. The van der Waals surface area contributed by atoms with Gasteiger partial charge in [-0.2, -0.15) is 0 Å². The third kappa shape index (κ3) is 5.16. The van der Waals surface area contributed by atoms with Crippen LogP contribution in [0.2, 0.25) is 0 Å². The van der Waals surface area contributed by atoms with Crippen molar-refractivity contribution in [3.63, 3.8) is 0 Å². The van der Waals surface area contributed by atoms with Crippen LogP contribution >= 0.6 is 0 Å². The maximum Gasteiger partial charge on any atom is 0.181 e. The molecule has 1 N–H and O–H groups in total. The molecule has 136 valence electrons. The minimum Gasteiger partial charge on any atom is -0.393 e. The van der Waals surface area contributed by atoms with Crippen LogP contribution in [-0.4, -0.2) is 25.4 Å². The quantitative estimate of drug-likeness (QED) is 0.789. The fourth-order valence-electron chi connectivity index (χ4n) is 3.43. The second-order valence-electron chi connectivity index (χ2n) is 7.52. The molecule has 0 saturated carbocycles. The molecule has 4 heteroatoms. The maximum absolute atomic E-state index is 12.3. The molecule has 0 fully saturated rings. The first kappa shape index (κ1) is 19.7. The Bertz CT molecular complexity index is 797. The van der Waals surface area contributed by atoms with Crippen molar-refractivity contribution in [2.45, 2.75) is 51.5 Å². The lowest BCUT2D eigenvalue weighted by Crippen LogP contribution is -2.28. The van der Waals surface area contributed by atoms with E-state index in [4.69, 9.17) is 0 Å². The molecule has 25 heavy (non-hydrogen) atoms. The van der Waals surface area contributed by atoms with Crippen molar-refractivity contribution < 1.29 is 13.5 Å². The molecule has 1 aromatic carbocycles. The van der Waals surface area contributed by atoms with Crippen molar-refractivity contribution in [3.8, 4) is 0 Å². The van der Waals surface area contributed by atoms with Crippen LogP contribution in [0, 0.1) is 5.41 Å². The van der Waals surface area contributed by atoms with Crippen molar-refractivity contribution >= 4 is 9.84 Å². The number of sulfone groups is 1. The average molecular weight is 361 g/mol. The molecule has 1 atom stereocenters. The van der Waals surface area contributed by atoms with Crippen molar-refractivity contribution in [3.05, 3.63) is 65.3 Å². The Morgan fingerprint density at radius 2 is 1.92 bits per heavy atom. The topological polar surface area (TPSA) is 54.4 Å². The van der Waals surface area contributed by atoms with E-state index < -0.39 is 9.84 Å².